The van der Waals surface area contributed by atoms with Gasteiger partial charge in [0, 0.05) is 25.8 Å². The molecule has 2 N–H and O–H groups in total. The van der Waals surface area contributed by atoms with Crippen LogP contribution in [0.15, 0.2) is 12.3 Å². The number of rotatable bonds is 8. The van der Waals surface area contributed by atoms with E-state index in [1.165, 1.54) is 12.3 Å². The molecule has 1 heterocycles. The minimum atomic E-state index is -0.313. The summed E-state index contributed by atoms with van der Waals surface area (Å²) in [6.45, 7) is 8.38. The van der Waals surface area contributed by atoms with Crippen molar-refractivity contribution in [3.05, 3.63) is 23.6 Å². The van der Waals surface area contributed by atoms with Gasteiger partial charge in [-0.25, -0.2) is 9.37 Å². The second-order valence-corrected chi connectivity index (χ2v) is 5.11. The molecule has 4 nitrogen and oxygen atoms in total. The van der Waals surface area contributed by atoms with E-state index in [9.17, 15) is 4.39 Å². The van der Waals surface area contributed by atoms with Crippen LogP contribution in [0.25, 0.3) is 0 Å². The van der Waals surface area contributed by atoms with Gasteiger partial charge >= 0.3 is 0 Å². The average molecular weight is 269 g/mol. The molecule has 0 aliphatic carbocycles. The third-order valence-corrected chi connectivity index (χ3v) is 2.76. The van der Waals surface area contributed by atoms with Gasteiger partial charge in [-0.15, -0.1) is 0 Å². The lowest BCUT2D eigenvalue weighted by Gasteiger charge is -2.15. The van der Waals surface area contributed by atoms with E-state index in [0.29, 0.717) is 24.8 Å². The van der Waals surface area contributed by atoms with E-state index in [0.717, 1.165) is 12.1 Å². The highest BCUT2D eigenvalue weighted by atomic mass is 19.1. The van der Waals surface area contributed by atoms with Gasteiger partial charge in [0.1, 0.15) is 11.6 Å². The van der Waals surface area contributed by atoms with E-state index in [4.69, 9.17) is 4.74 Å². The van der Waals surface area contributed by atoms with Crippen molar-refractivity contribution >= 4 is 5.82 Å². The van der Waals surface area contributed by atoms with Gasteiger partial charge in [0.2, 0.25) is 0 Å². The Morgan fingerprint density at radius 1 is 1.32 bits per heavy atom. The molecule has 0 bridgehead atoms. The zero-order valence-corrected chi connectivity index (χ0v) is 12.2. The number of ether oxygens (including phenoxy) is 1. The van der Waals surface area contributed by atoms with Gasteiger partial charge in [-0.1, -0.05) is 13.8 Å². The van der Waals surface area contributed by atoms with Crippen molar-refractivity contribution in [2.75, 3.05) is 25.5 Å². The molecular weight excluding hydrogens is 245 g/mol. The van der Waals surface area contributed by atoms with Crippen molar-refractivity contribution in [1.82, 2.24) is 10.3 Å². The van der Waals surface area contributed by atoms with Crippen LogP contribution in [0, 0.1) is 11.7 Å². The first-order valence-corrected chi connectivity index (χ1v) is 6.64. The van der Waals surface area contributed by atoms with E-state index in [2.05, 4.69) is 29.5 Å². The largest absolute Gasteiger partial charge is 0.380 e. The lowest BCUT2D eigenvalue weighted by atomic mass is 10.2. The van der Waals surface area contributed by atoms with Crippen LogP contribution in [0.1, 0.15) is 26.3 Å². The van der Waals surface area contributed by atoms with Crippen molar-refractivity contribution in [1.29, 1.82) is 0 Å². The number of pyridine rings is 1. The molecule has 108 valence electrons. The highest BCUT2D eigenvalue weighted by molar-refractivity contribution is 5.44. The van der Waals surface area contributed by atoms with Crippen LogP contribution in [0.4, 0.5) is 10.2 Å². The minimum Gasteiger partial charge on any atom is -0.380 e. The number of nitrogens with zero attached hydrogens (tertiary/aromatic N) is 1. The van der Waals surface area contributed by atoms with Gasteiger partial charge in [-0.3, -0.25) is 0 Å². The van der Waals surface area contributed by atoms with Crippen molar-refractivity contribution in [2.45, 2.75) is 33.4 Å². The van der Waals surface area contributed by atoms with Crippen molar-refractivity contribution in [3.63, 3.8) is 0 Å². The lowest BCUT2D eigenvalue weighted by molar-refractivity contribution is 0.128. The molecule has 1 aromatic heterocycles. The van der Waals surface area contributed by atoms with Crippen LogP contribution in [-0.4, -0.2) is 31.3 Å². The molecule has 0 saturated heterocycles. The van der Waals surface area contributed by atoms with Crippen LogP contribution in [0.2, 0.25) is 0 Å². The summed E-state index contributed by atoms with van der Waals surface area (Å²) in [6.07, 6.45) is 1.31. The van der Waals surface area contributed by atoms with Gasteiger partial charge in [0.05, 0.1) is 12.3 Å². The molecule has 1 atom stereocenters. The number of halogens is 1. The number of aromatic nitrogens is 1. The zero-order chi connectivity index (χ0) is 14.3. The first-order valence-electron chi connectivity index (χ1n) is 6.64. The smallest absolute Gasteiger partial charge is 0.141 e. The maximum Gasteiger partial charge on any atom is 0.141 e. The second kappa shape index (κ2) is 8.07. The van der Waals surface area contributed by atoms with Gasteiger partial charge in [-0.05, 0) is 25.5 Å². The quantitative estimate of drug-likeness (QED) is 0.761. The Labute approximate surface area is 114 Å². The third kappa shape index (κ3) is 5.98. The van der Waals surface area contributed by atoms with E-state index in [1.54, 1.807) is 7.11 Å². The number of nitrogens with one attached hydrogen (secondary N) is 2. The molecule has 0 radical (unpaired) electrons. The molecule has 0 aromatic carbocycles. The molecule has 0 fully saturated rings. The fourth-order valence-corrected chi connectivity index (χ4v) is 1.59. The Morgan fingerprint density at radius 2 is 2.05 bits per heavy atom. The highest BCUT2D eigenvalue weighted by Crippen LogP contribution is 2.13. The highest BCUT2D eigenvalue weighted by Gasteiger charge is 2.07. The van der Waals surface area contributed by atoms with Crippen molar-refractivity contribution < 1.29 is 9.13 Å². The normalized spacial score (nSPS) is 12.7. The Bertz CT molecular complexity index is 385. The fraction of sp³-hybridized carbons (Fsp3) is 0.643. The van der Waals surface area contributed by atoms with Gasteiger partial charge in [0.25, 0.3) is 0 Å². The first-order chi connectivity index (χ1) is 9.02. The van der Waals surface area contributed by atoms with E-state index < -0.39 is 0 Å². The standard InChI is InChI=1S/C14H24FN3O/c1-10(2)6-16-8-12-5-13(15)9-18-14(12)17-7-11(3)19-4/h5,9-11,16H,6-8H2,1-4H3,(H,17,18). The molecule has 0 aliphatic rings. The number of methoxy groups -OCH3 is 1. The lowest BCUT2D eigenvalue weighted by Crippen LogP contribution is -2.22. The summed E-state index contributed by atoms with van der Waals surface area (Å²) in [6, 6.07) is 1.51. The van der Waals surface area contributed by atoms with Crippen molar-refractivity contribution in [3.8, 4) is 0 Å². The summed E-state index contributed by atoms with van der Waals surface area (Å²) in [7, 11) is 1.66. The second-order valence-electron chi connectivity index (χ2n) is 5.11. The van der Waals surface area contributed by atoms with E-state index in [1.807, 2.05) is 6.92 Å². The Morgan fingerprint density at radius 3 is 2.68 bits per heavy atom. The SMILES string of the molecule is COC(C)CNc1ncc(F)cc1CNCC(C)C. The minimum absolute atomic E-state index is 0.0864. The maximum atomic E-state index is 13.3. The first kappa shape index (κ1) is 15.9. The molecule has 0 aliphatic heterocycles. The summed E-state index contributed by atoms with van der Waals surface area (Å²) in [5, 5.41) is 6.48. The number of hydrogen-bond donors (Lipinski definition) is 2. The van der Waals surface area contributed by atoms with Crippen LogP contribution >= 0.6 is 0 Å². The van der Waals surface area contributed by atoms with Crippen LogP contribution < -0.4 is 10.6 Å². The molecule has 0 amide bonds. The molecule has 1 aromatic rings. The number of anilines is 1. The monoisotopic (exact) mass is 269 g/mol. The van der Waals surface area contributed by atoms with Crippen LogP contribution in [0.3, 0.4) is 0 Å². The van der Waals surface area contributed by atoms with Crippen molar-refractivity contribution in [2.24, 2.45) is 5.92 Å². The van der Waals surface area contributed by atoms with Crippen LogP contribution in [0.5, 0.6) is 0 Å². The molecule has 0 saturated carbocycles. The third-order valence-electron chi connectivity index (χ3n) is 2.76. The summed E-state index contributed by atoms with van der Waals surface area (Å²) in [4.78, 5) is 4.10. The zero-order valence-electron chi connectivity index (χ0n) is 12.2. The Hall–Kier alpha value is -1.20. The number of hydrogen-bond acceptors (Lipinski definition) is 4. The predicted octanol–water partition coefficient (Wildman–Crippen LogP) is 2.41. The molecule has 1 rings (SSSR count). The maximum absolute atomic E-state index is 13.3. The summed E-state index contributed by atoms with van der Waals surface area (Å²) in [5.74, 6) is 0.958. The Balaban J connectivity index is 2.63. The molecular formula is C14H24FN3O. The van der Waals surface area contributed by atoms with Gasteiger partial charge < -0.3 is 15.4 Å². The predicted molar refractivity (Wildman–Crippen MR) is 75.7 cm³/mol. The summed E-state index contributed by atoms with van der Waals surface area (Å²) < 4.78 is 18.4. The average Bonchev–Trinajstić information content (AvgIpc) is 2.37. The van der Waals surface area contributed by atoms with Crippen LogP contribution in [-0.2, 0) is 11.3 Å². The fourth-order valence-electron chi connectivity index (χ4n) is 1.59. The Kier molecular flexibility index (Phi) is 6.73. The molecule has 0 spiro atoms. The molecule has 19 heavy (non-hydrogen) atoms. The molecule has 1 unspecified atom stereocenters. The van der Waals surface area contributed by atoms with E-state index in [-0.39, 0.29) is 11.9 Å². The van der Waals surface area contributed by atoms with Gasteiger partial charge in [-0.2, -0.15) is 0 Å². The summed E-state index contributed by atoms with van der Waals surface area (Å²) >= 11 is 0. The molecule has 5 heteroatoms. The summed E-state index contributed by atoms with van der Waals surface area (Å²) in [5.41, 5.74) is 0.837. The topological polar surface area (TPSA) is 46.2 Å². The van der Waals surface area contributed by atoms with E-state index >= 15 is 0 Å². The van der Waals surface area contributed by atoms with Gasteiger partial charge in [0.15, 0.2) is 0 Å².